The van der Waals surface area contributed by atoms with Gasteiger partial charge in [0.2, 0.25) is 0 Å². The lowest BCUT2D eigenvalue weighted by Crippen LogP contribution is -2.53. The van der Waals surface area contributed by atoms with Crippen molar-refractivity contribution in [1.82, 2.24) is 4.90 Å². The first kappa shape index (κ1) is 22.3. The largest absolute Gasteiger partial charge is 0.498 e. The Morgan fingerprint density at radius 3 is 2.34 bits per heavy atom. The van der Waals surface area contributed by atoms with Gasteiger partial charge in [0.15, 0.2) is 0 Å². The molecule has 2 saturated heterocycles. The van der Waals surface area contributed by atoms with E-state index in [9.17, 15) is 4.79 Å². The Hall–Kier alpha value is -1.44. The number of carbonyl (C=O) groups is 1. The highest BCUT2D eigenvalue weighted by molar-refractivity contribution is 6.63. The number of likely N-dealkylation sites (tertiary alicyclic amines) is 1. The number of halogens is 1. The molecule has 0 aromatic heterocycles. The Morgan fingerprint density at radius 2 is 1.79 bits per heavy atom. The van der Waals surface area contributed by atoms with E-state index in [1.54, 1.807) is 11.0 Å². The first-order valence-electron chi connectivity index (χ1n) is 10.0. The number of carbonyl (C=O) groups excluding carboxylic acids is 1. The number of amides is 1. The lowest BCUT2D eigenvalue weighted by atomic mass is 9.78. The molecule has 2 heterocycles. The lowest BCUT2D eigenvalue weighted by molar-refractivity contribution is -0.00776. The molecule has 3 rings (SSSR count). The van der Waals surface area contributed by atoms with E-state index in [1.165, 1.54) is 0 Å². The van der Waals surface area contributed by atoms with Crippen molar-refractivity contribution in [2.45, 2.75) is 65.3 Å². The molecule has 0 bridgehead atoms. The maximum Gasteiger partial charge on any atom is 0.498 e. The second kappa shape index (κ2) is 7.67. The summed E-state index contributed by atoms with van der Waals surface area (Å²) in [6.45, 7) is 15.4. The van der Waals surface area contributed by atoms with Crippen LogP contribution in [0.3, 0.4) is 0 Å². The number of ether oxygens (including phenoxy) is 2. The molecule has 1 aromatic rings. The Morgan fingerprint density at radius 1 is 1.21 bits per heavy atom. The Kier molecular flexibility index (Phi) is 5.89. The maximum atomic E-state index is 12.1. The van der Waals surface area contributed by atoms with Gasteiger partial charge < -0.3 is 23.7 Å². The molecular formula is C21H31BClNO5. The van der Waals surface area contributed by atoms with Gasteiger partial charge in [-0.15, -0.1) is 0 Å². The lowest BCUT2D eigenvalue weighted by Gasteiger charge is -2.39. The van der Waals surface area contributed by atoms with Crippen molar-refractivity contribution in [1.29, 1.82) is 0 Å². The number of benzene rings is 1. The summed E-state index contributed by atoms with van der Waals surface area (Å²) in [6, 6.07) is 5.46. The highest BCUT2D eigenvalue weighted by Crippen LogP contribution is 2.37. The van der Waals surface area contributed by atoms with Gasteiger partial charge in [0, 0.05) is 29.5 Å². The summed E-state index contributed by atoms with van der Waals surface area (Å²) >= 11 is 6.22. The van der Waals surface area contributed by atoms with E-state index < -0.39 is 23.9 Å². The molecule has 0 radical (unpaired) electrons. The SMILES string of the molecule is CC(C)(C)OC(=O)N1CC(COc2ccc(Cl)cc2B2OC(C)(C)C(C)(C)O2)C1. The minimum atomic E-state index is -0.548. The molecule has 0 spiro atoms. The quantitative estimate of drug-likeness (QED) is 0.688. The van der Waals surface area contributed by atoms with Gasteiger partial charge in [0.1, 0.15) is 11.4 Å². The molecule has 2 aliphatic rings. The fourth-order valence-corrected chi connectivity index (χ4v) is 3.34. The van der Waals surface area contributed by atoms with E-state index in [0.29, 0.717) is 30.5 Å². The van der Waals surface area contributed by atoms with Crippen molar-refractivity contribution >= 4 is 30.3 Å². The Bertz CT molecular complexity index is 755. The summed E-state index contributed by atoms with van der Waals surface area (Å²) in [6.07, 6.45) is -0.279. The zero-order chi connectivity index (χ0) is 21.6. The van der Waals surface area contributed by atoms with E-state index in [4.69, 9.17) is 30.4 Å². The van der Waals surface area contributed by atoms with Crippen molar-refractivity contribution in [2.75, 3.05) is 19.7 Å². The van der Waals surface area contributed by atoms with Gasteiger partial charge in [-0.3, -0.25) is 0 Å². The molecule has 0 saturated carbocycles. The van der Waals surface area contributed by atoms with Crippen LogP contribution >= 0.6 is 11.6 Å². The van der Waals surface area contributed by atoms with Crippen LogP contribution in [0.15, 0.2) is 18.2 Å². The monoisotopic (exact) mass is 423 g/mol. The summed E-state index contributed by atoms with van der Waals surface area (Å²) in [4.78, 5) is 13.8. The summed E-state index contributed by atoms with van der Waals surface area (Å²) < 4.78 is 23.8. The summed E-state index contributed by atoms with van der Waals surface area (Å²) in [5.41, 5.74) is -0.600. The molecule has 0 unspecified atom stereocenters. The molecule has 2 fully saturated rings. The van der Waals surface area contributed by atoms with Crippen LogP contribution in [0, 0.1) is 5.92 Å². The molecule has 0 N–H and O–H groups in total. The third-order valence-corrected chi connectivity index (χ3v) is 5.80. The minimum Gasteiger partial charge on any atom is -0.494 e. The molecule has 0 atom stereocenters. The topological polar surface area (TPSA) is 57.2 Å². The van der Waals surface area contributed by atoms with Gasteiger partial charge in [-0.1, -0.05) is 11.6 Å². The van der Waals surface area contributed by atoms with Crippen LogP contribution in [0.5, 0.6) is 5.75 Å². The summed E-state index contributed by atoms with van der Waals surface area (Å²) in [5.74, 6) is 0.938. The number of nitrogens with zero attached hydrogens (tertiary/aromatic N) is 1. The number of hydrogen-bond donors (Lipinski definition) is 0. The Labute approximate surface area is 178 Å². The van der Waals surface area contributed by atoms with Crippen molar-refractivity contribution in [2.24, 2.45) is 5.92 Å². The van der Waals surface area contributed by atoms with Crippen molar-refractivity contribution in [3.63, 3.8) is 0 Å². The summed E-state index contributed by atoms with van der Waals surface area (Å²) in [5, 5.41) is 0.599. The predicted octanol–water partition coefficient (Wildman–Crippen LogP) is 3.88. The fraction of sp³-hybridized carbons (Fsp3) is 0.667. The van der Waals surface area contributed by atoms with Gasteiger partial charge in [-0.2, -0.15) is 0 Å². The van der Waals surface area contributed by atoms with E-state index >= 15 is 0 Å². The average Bonchev–Trinajstić information content (AvgIpc) is 2.73. The highest BCUT2D eigenvalue weighted by Gasteiger charge is 2.52. The number of hydrogen-bond acceptors (Lipinski definition) is 5. The van der Waals surface area contributed by atoms with Gasteiger partial charge in [-0.25, -0.2) is 4.79 Å². The Balaban J connectivity index is 1.60. The van der Waals surface area contributed by atoms with Crippen LogP contribution in [0.1, 0.15) is 48.5 Å². The zero-order valence-corrected chi connectivity index (χ0v) is 19.1. The van der Waals surface area contributed by atoms with Crippen LogP contribution in [0.2, 0.25) is 5.02 Å². The fourth-order valence-electron chi connectivity index (χ4n) is 3.16. The standard InChI is InChI=1S/C21H31BClNO5/c1-19(2,3)27-18(25)24-11-14(12-24)13-26-17-9-8-15(23)10-16(17)22-28-20(4,5)21(6,7)29-22/h8-10,14H,11-13H2,1-7H3. The van der Waals surface area contributed by atoms with Crippen molar-refractivity contribution < 1.29 is 23.6 Å². The van der Waals surface area contributed by atoms with Gasteiger partial charge in [-0.05, 0) is 66.7 Å². The molecular weight excluding hydrogens is 392 g/mol. The van der Waals surface area contributed by atoms with Crippen LogP contribution in [-0.4, -0.2) is 54.6 Å². The van der Waals surface area contributed by atoms with E-state index in [0.717, 1.165) is 5.46 Å². The average molecular weight is 424 g/mol. The molecule has 160 valence electrons. The molecule has 2 aliphatic heterocycles. The van der Waals surface area contributed by atoms with Gasteiger partial charge in [0.05, 0.1) is 17.8 Å². The molecule has 29 heavy (non-hydrogen) atoms. The van der Waals surface area contributed by atoms with Crippen LogP contribution in [0.25, 0.3) is 0 Å². The van der Waals surface area contributed by atoms with E-state index in [1.807, 2.05) is 60.6 Å². The number of rotatable bonds is 4. The second-order valence-electron chi connectivity index (χ2n) is 9.83. The second-order valence-corrected chi connectivity index (χ2v) is 10.3. The molecule has 1 aromatic carbocycles. The zero-order valence-electron chi connectivity index (χ0n) is 18.4. The van der Waals surface area contributed by atoms with Crippen molar-refractivity contribution in [3.8, 4) is 5.75 Å². The summed E-state index contributed by atoms with van der Waals surface area (Å²) in [7, 11) is -0.548. The molecule has 8 heteroatoms. The maximum absolute atomic E-state index is 12.1. The van der Waals surface area contributed by atoms with Crippen LogP contribution in [-0.2, 0) is 14.0 Å². The highest BCUT2D eigenvalue weighted by atomic mass is 35.5. The van der Waals surface area contributed by atoms with Crippen molar-refractivity contribution in [3.05, 3.63) is 23.2 Å². The third-order valence-electron chi connectivity index (χ3n) is 5.56. The first-order chi connectivity index (χ1) is 13.3. The van der Waals surface area contributed by atoms with E-state index in [-0.39, 0.29) is 12.0 Å². The minimum absolute atomic E-state index is 0.254. The van der Waals surface area contributed by atoms with E-state index in [2.05, 4.69) is 0 Å². The third kappa shape index (κ3) is 5.01. The van der Waals surface area contributed by atoms with Crippen LogP contribution in [0.4, 0.5) is 4.79 Å². The normalized spacial score (nSPS) is 21.1. The molecule has 6 nitrogen and oxygen atoms in total. The smallest absolute Gasteiger partial charge is 0.494 e. The molecule has 1 amide bonds. The van der Waals surface area contributed by atoms with Crippen LogP contribution < -0.4 is 10.2 Å². The predicted molar refractivity (Wildman–Crippen MR) is 114 cm³/mol. The first-order valence-corrected chi connectivity index (χ1v) is 10.4. The van der Waals surface area contributed by atoms with Gasteiger partial charge >= 0.3 is 13.2 Å². The van der Waals surface area contributed by atoms with Gasteiger partial charge in [0.25, 0.3) is 0 Å². The molecule has 0 aliphatic carbocycles.